The second kappa shape index (κ2) is 6.13. The van der Waals surface area contributed by atoms with Crippen molar-refractivity contribution in [2.75, 3.05) is 13.7 Å². The van der Waals surface area contributed by atoms with Crippen molar-refractivity contribution in [2.45, 2.75) is 46.3 Å². The van der Waals surface area contributed by atoms with Gasteiger partial charge in [-0.25, -0.2) is 4.98 Å². The van der Waals surface area contributed by atoms with Gasteiger partial charge in [-0.2, -0.15) is 0 Å². The molecule has 1 heterocycles. The van der Waals surface area contributed by atoms with E-state index < -0.39 is 0 Å². The molecule has 1 saturated carbocycles. The molecule has 1 aromatic heterocycles. The van der Waals surface area contributed by atoms with Gasteiger partial charge in [0.2, 0.25) is 0 Å². The molecule has 4 heteroatoms. The molecule has 1 atom stereocenters. The van der Waals surface area contributed by atoms with E-state index in [0.29, 0.717) is 11.8 Å². The third-order valence-corrected chi connectivity index (χ3v) is 4.51. The largest absolute Gasteiger partial charge is 0.374 e. The summed E-state index contributed by atoms with van der Waals surface area (Å²) in [5.74, 6) is 1.40. The van der Waals surface area contributed by atoms with Gasteiger partial charge in [-0.15, -0.1) is 11.3 Å². The number of thiazole rings is 1. The Morgan fingerprint density at radius 1 is 1.44 bits per heavy atom. The Morgan fingerprint density at radius 3 is 2.72 bits per heavy atom. The molecule has 0 spiro atoms. The van der Waals surface area contributed by atoms with Gasteiger partial charge in [-0.1, -0.05) is 13.8 Å². The molecule has 102 valence electrons. The number of aryl methyl sites for hydroxylation is 1. The molecule has 0 amide bonds. The van der Waals surface area contributed by atoms with Gasteiger partial charge in [0, 0.05) is 18.5 Å². The van der Waals surface area contributed by atoms with Crippen molar-refractivity contribution in [1.82, 2.24) is 10.3 Å². The maximum absolute atomic E-state index is 5.60. The first kappa shape index (κ1) is 14.0. The third-order valence-electron chi connectivity index (χ3n) is 3.29. The van der Waals surface area contributed by atoms with Crippen LogP contribution in [-0.2, 0) is 11.3 Å². The lowest BCUT2D eigenvalue weighted by Gasteiger charge is -2.10. The first-order chi connectivity index (χ1) is 8.61. The monoisotopic (exact) mass is 268 g/mol. The molecule has 3 nitrogen and oxygen atoms in total. The highest BCUT2D eigenvalue weighted by atomic mass is 32.1. The maximum Gasteiger partial charge on any atom is 0.122 e. The Hall–Kier alpha value is -0.450. The second-order valence-electron chi connectivity index (χ2n) is 5.58. The Labute approximate surface area is 114 Å². The van der Waals surface area contributed by atoms with Gasteiger partial charge in [0.05, 0.1) is 5.69 Å². The van der Waals surface area contributed by atoms with Crippen LogP contribution in [0.1, 0.15) is 48.4 Å². The van der Waals surface area contributed by atoms with Gasteiger partial charge in [0.25, 0.3) is 0 Å². The summed E-state index contributed by atoms with van der Waals surface area (Å²) in [6, 6.07) is 0. The molecule has 0 bridgehead atoms. The zero-order valence-corrected chi connectivity index (χ0v) is 12.6. The normalized spacial score (nSPS) is 17.4. The van der Waals surface area contributed by atoms with Crippen LogP contribution >= 0.6 is 11.3 Å². The lowest BCUT2D eigenvalue weighted by molar-refractivity contribution is 0.0843. The molecule has 0 radical (unpaired) electrons. The minimum atomic E-state index is 0.229. The van der Waals surface area contributed by atoms with Crippen molar-refractivity contribution >= 4 is 11.3 Å². The van der Waals surface area contributed by atoms with Crippen LogP contribution in [0.3, 0.4) is 0 Å². The molecule has 1 N–H and O–H groups in total. The maximum atomic E-state index is 5.60. The summed E-state index contributed by atoms with van der Waals surface area (Å²) in [4.78, 5) is 6.05. The molecular weight excluding hydrogens is 244 g/mol. The van der Waals surface area contributed by atoms with Gasteiger partial charge in [0.1, 0.15) is 11.1 Å². The first-order valence-corrected chi connectivity index (χ1v) is 7.63. The van der Waals surface area contributed by atoms with E-state index in [9.17, 15) is 0 Å². The Morgan fingerprint density at radius 2 is 2.17 bits per heavy atom. The van der Waals surface area contributed by atoms with Gasteiger partial charge in [-0.05, 0) is 38.1 Å². The Balaban J connectivity index is 1.97. The van der Waals surface area contributed by atoms with Crippen molar-refractivity contribution < 1.29 is 4.74 Å². The fourth-order valence-corrected chi connectivity index (χ4v) is 3.31. The molecule has 0 aliphatic heterocycles. The third kappa shape index (κ3) is 3.53. The smallest absolute Gasteiger partial charge is 0.122 e. The number of hydrogen-bond acceptors (Lipinski definition) is 4. The minimum absolute atomic E-state index is 0.229. The summed E-state index contributed by atoms with van der Waals surface area (Å²) in [5.41, 5.74) is 1.16. The van der Waals surface area contributed by atoms with Crippen molar-refractivity contribution in [1.29, 1.82) is 0 Å². The van der Waals surface area contributed by atoms with E-state index >= 15 is 0 Å². The lowest BCUT2D eigenvalue weighted by atomic mass is 10.2. The first-order valence-electron chi connectivity index (χ1n) is 6.81. The molecule has 1 unspecified atom stereocenters. The van der Waals surface area contributed by atoms with Crippen LogP contribution in [0.25, 0.3) is 0 Å². The fourth-order valence-electron chi connectivity index (χ4n) is 2.10. The van der Waals surface area contributed by atoms with Crippen molar-refractivity contribution in [2.24, 2.45) is 11.8 Å². The van der Waals surface area contributed by atoms with Gasteiger partial charge < -0.3 is 10.1 Å². The molecular formula is C14H24N2OS. The molecule has 0 saturated heterocycles. The second-order valence-corrected chi connectivity index (χ2v) is 6.69. The highest BCUT2D eigenvalue weighted by molar-refractivity contribution is 7.11. The number of nitrogens with one attached hydrogen (secondary N) is 1. The van der Waals surface area contributed by atoms with Crippen LogP contribution in [-0.4, -0.2) is 18.6 Å². The minimum Gasteiger partial charge on any atom is -0.374 e. The lowest BCUT2D eigenvalue weighted by Crippen LogP contribution is -2.18. The summed E-state index contributed by atoms with van der Waals surface area (Å²) < 4.78 is 5.60. The highest BCUT2D eigenvalue weighted by Gasteiger charge is 2.34. The average molecular weight is 268 g/mol. The highest BCUT2D eigenvalue weighted by Crippen LogP contribution is 2.44. The molecule has 0 aromatic carbocycles. The van der Waals surface area contributed by atoms with Crippen molar-refractivity contribution in [3.8, 4) is 0 Å². The van der Waals surface area contributed by atoms with Crippen LogP contribution in [0, 0.1) is 18.8 Å². The van der Waals surface area contributed by atoms with E-state index in [1.165, 1.54) is 22.7 Å². The van der Waals surface area contributed by atoms with Crippen molar-refractivity contribution in [3.63, 3.8) is 0 Å². The number of aromatic nitrogens is 1. The van der Waals surface area contributed by atoms with Gasteiger partial charge >= 0.3 is 0 Å². The van der Waals surface area contributed by atoms with Crippen LogP contribution in [0.15, 0.2) is 0 Å². The summed E-state index contributed by atoms with van der Waals surface area (Å²) >= 11 is 1.81. The predicted molar refractivity (Wildman–Crippen MR) is 75.9 cm³/mol. The summed E-state index contributed by atoms with van der Waals surface area (Å²) in [6.45, 7) is 8.55. The van der Waals surface area contributed by atoms with Crippen LogP contribution in [0.4, 0.5) is 0 Å². The topological polar surface area (TPSA) is 34.1 Å². The number of methoxy groups -OCH3 is 1. The van der Waals surface area contributed by atoms with Gasteiger partial charge in [-0.3, -0.25) is 0 Å². The molecule has 1 aromatic rings. The molecule has 1 aliphatic rings. The van der Waals surface area contributed by atoms with Crippen molar-refractivity contribution in [3.05, 3.63) is 15.6 Å². The van der Waals surface area contributed by atoms with E-state index in [0.717, 1.165) is 18.8 Å². The number of ether oxygens (including phenoxy) is 1. The Bertz CT molecular complexity index is 385. The van der Waals surface area contributed by atoms with E-state index in [1.807, 2.05) is 11.3 Å². The number of rotatable bonds is 7. The quantitative estimate of drug-likeness (QED) is 0.824. The van der Waals surface area contributed by atoms with Crippen LogP contribution in [0.5, 0.6) is 0 Å². The van der Waals surface area contributed by atoms with E-state index in [-0.39, 0.29) is 6.10 Å². The fraction of sp³-hybridized carbons (Fsp3) is 0.786. The van der Waals surface area contributed by atoms with E-state index in [2.05, 4.69) is 26.1 Å². The van der Waals surface area contributed by atoms with E-state index in [1.54, 1.807) is 7.11 Å². The predicted octanol–water partition coefficient (Wildman–Crippen LogP) is 3.29. The number of nitrogens with zero attached hydrogens (tertiary/aromatic N) is 1. The molecule has 1 fully saturated rings. The van der Waals surface area contributed by atoms with E-state index in [4.69, 9.17) is 9.72 Å². The Kier molecular flexibility index (Phi) is 4.76. The molecule has 2 rings (SSSR count). The average Bonchev–Trinajstić information content (AvgIpc) is 3.06. The number of hydrogen-bond donors (Lipinski definition) is 1. The SMILES string of the molecule is COC(c1nc(C)c(CNCC(C)C)s1)C1CC1. The summed E-state index contributed by atoms with van der Waals surface area (Å²) in [5, 5.41) is 4.65. The van der Waals surface area contributed by atoms with Crippen LogP contribution < -0.4 is 5.32 Å². The summed E-state index contributed by atoms with van der Waals surface area (Å²) in [7, 11) is 1.80. The molecule has 1 aliphatic carbocycles. The van der Waals surface area contributed by atoms with Gasteiger partial charge in [0.15, 0.2) is 0 Å². The zero-order chi connectivity index (χ0) is 13.1. The zero-order valence-electron chi connectivity index (χ0n) is 11.8. The molecule has 18 heavy (non-hydrogen) atoms. The standard InChI is InChI=1S/C14H24N2OS/c1-9(2)7-15-8-12-10(3)16-14(18-12)13(17-4)11-5-6-11/h9,11,13,15H,5-8H2,1-4H3. The van der Waals surface area contributed by atoms with Crippen LogP contribution in [0.2, 0.25) is 0 Å². The summed E-state index contributed by atoms with van der Waals surface area (Å²) in [6.07, 6.45) is 2.81.